The topological polar surface area (TPSA) is 58.6 Å². The molecule has 1 N–H and O–H groups in total. The second kappa shape index (κ2) is 7.17. The largest absolute Gasteiger partial charge is 0.377 e. The van der Waals surface area contributed by atoms with Crippen LogP contribution in [0.1, 0.15) is 23.7 Å². The van der Waals surface area contributed by atoms with Gasteiger partial charge in [-0.05, 0) is 18.6 Å². The van der Waals surface area contributed by atoms with Gasteiger partial charge in [0, 0.05) is 13.1 Å². The fraction of sp³-hybridized carbons (Fsp3) is 0.467. The van der Waals surface area contributed by atoms with Crippen LogP contribution in [-0.2, 0) is 9.53 Å². The number of anilines is 1. The first-order chi connectivity index (χ1) is 10.2. The number of morpholine rings is 1. The van der Waals surface area contributed by atoms with Crippen molar-refractivity contribution in [1.82, 2.24) is 5.32 Å². The molecule has 1 amide bonds. The van der Waals surface area contributed by atoms with Gasteiger partial charge in [0.15, 0.2) is 6.29 Å². The first-order valence-electron chi connectivity index (χ1n) is 7.04. The minimum atomic E-state index is -0.582. The van der Waals surface area contributed by atoms with E-state index >= 15 is 0 Å². The van der Waals surface area contributed by atoms with E-state index in [0.717, 1.165) is 6.42 Å². The summed E-state index contributed by atoms with van der Waals surface area (Å²) >= 11 is 0. The molecule has 1 fully saturated rings. The third-order valence-electron chi connectivity index (χ3n) is 3.44. The molecule has 0 saturated carbocycles. The number of hydrogen-bond donors (Lipinski definition) is 1. The number of aldehydes is 1. The maximum atomic E-state index is 13.7. The van der Waals surface area contributed by atoms with Gasteiger partial charge in [-0.2, -0.15) is 0 Å². The zero-order valence-corrected chi connectivity index (χ0v) is 12.0. The van der Waals surface area contributed by atoms with Crippen molar-refractivity contribution in [3.63, 3.8) is 0 Å². The van der Waals surface area contributed by atoms with E-state index < -0.39 is 11.9 Å². The van der Waals surface area contributed by atoms with E-state index in [1.165, 1.54) is 12.1 Å². The molecule has 114 valence electrons. The Bertz CT molecular complexity index is 522. The van der Waals surface area contributed by atoms with Crippen molar-refractivity contribution in [2.45, 2.75) is 19.4 Å². The molecule has 5 nitrogen and oxygen atoms in total. The van der Waals surface area contributed by atoms with Crippen molar-refractivity contribution in [3.8, 4) is 0 Å². The van der Waals surface area contributed by atoms with E-state index in [-0.39, 0.29) is 18.1 Å². The normalized spacial score (nSPS) is 18.4. The van der Waals surface area contributed by atoms with Crippen LogP contribution in [0.3, 0.4) is 0 Å². The molecule has 2 rings (SSSR count). The molecule has 1 saturated heterocycles. The van der Waals surface area contributed by atoms with Crippen molar-refractivity contribution in [1.29, 1.82) is 0 Å². The van der Waals surface area contributed by atoms with Gasteiger partial charge in [0.05, 0.1) is 24.5 Å². The summed E-state index contributed by atoms with van der Waals surface area (Å²) in [6.07, 6.45) is 1.32. The van der Waals surface area contributed by atoms with Crippen LogP contribution < -0.4 is 10.2 Å². The number of halogens is 1. The highest BCUT2D eigenvalue weighted by Crippen LogP contribution is 2.25. The average molecular weight is 294 g/mol. The zero-order valence-electron chi connectivity index (χ0n) is 12.0. The molecular formula is C15H19FN2O3. The van der Waals surface area contributed by atoms with Crippen LogP contribution in [-0.4, -0.2) is 44.5 Å². The lowest BCUT2D eigenvalue weighted by Crippen LogP contribution is -2.54. The lowest BCUT2D eigenvalue weighted by molar-refractivity contribution is -0.124. The molecule has 6 heteroatoms. The highest BCUT2D eigenvalue weighted by atomic mass is 19.1. The maximum absolute atomic E-state index is 13.7. The fourth-order valence-electron chi connectivity index (χ4n) is 2.37. The lowest BCUT2D eigenvalue weighted by atomic mass is 10.1. The SMILES string of the molecule is CCCNC(=O)C1COCCN1c1cccc(F)c1C=O. The number of amides is 1. The highest BCUT2D eigenvalue weighted by molar-refractivity contribution is 5.90. The highest BCUT2D eigenvalue weighted by Gasteiger charge is 2.31. The van der Waals surface area contributed by atoms with Crippen LogP contribution in [0, 0.1) is 5.82 Å². The smallest absolute Gasteiger partial charge is 0.245 e. The number of nitrogens with one attached hydrogen (secondary N) is 1. The van der Waals surface area contributed by atoms with Gasteiger partial charge in [0.2, 0.25) is 5.91 Å². The molecule has 0 aromatic heterocycles. The van der Waals surface area contributed by atoms with Gasteiger partial charge in [0.1, 0.15) is 11.9 Å². The number of carbonyl (C=O) groups excluding carboxylic acids is 2. The molecule has 1 heterocycles. The van der Waals surface area contributed by atoms with Gasteiger partial charge in [-0.1, -0.05) is 13.0 Å². The third-order valence-corrected chi connectivity index (χ3v) is 3.44. The van der Waals surface area contributed by atoms with Crippen LogP contribution in [0.15, 0.2) is 18.2 Å². The molecule has 1 aromatic carbocycles. The predicted octanol–water partition coefficient (Wildman–Crippen LogP) is 1.37. The number of hydrogen-bond acceptors (Lipinski definition) is 4. The molecule has 0 bridgehead atoms. The van der Waals surface area contributed by atoms with Crippen molar-refractivity contribution >= 4 is 17.9 Å². The Labute approximate surface area is 123 Å². The first-order valence-corrected chi connectivity index (χ1v) is 7.04. The molecule has 1 aliphatic heterocycles. The van der Waals surface area contributed by atoms with E-state index in [9.17, 15) is 14.0 Å². The van der Waals surface area contributed by atoms with E-state index in [1.54, 1.807) is 11.0 Å². The third kappa shape index (κ3) is 3.39. The number of benzene rings is 1. The molecule has 0 radical (unpaired) electrons. The molecule has 1 unspecified atom stereocenters. The fourth-order valence-corrected chi connectivity index (χ4v) is 2.37. The molecule has 21 heavy (non-hydrogen) atoms. The van der Waals surface area contributed by atoms with Crippen LogP contribution >= 0.6 is 0 Å². The van der Waals surface area contributed by atoms with Crippen LogP contribution in [0.4, 0.5) is 10.1 Å². The lowest BCUT2D eigenvalue weighted by Gasteiger charge is -2.37. The van der Waals surface area contributed by atoms with Crippen LogP contribution in [0.5, 0.6) is 0 Å². The van der Waals surface area contributed by atoms with Crippen molar-refractivity contribution < 1.29 is 18.7 Å². The molecule has 1 atom stereocenters. The van der Waals surface area contributed by atoms with Gasteiger partial charge >= 0.3 is 0 Å². The molecule has 0 aliphatic carbocycles. The molecular weight excluding hydrogens is 275 g/mol. The summed E-state index contributed by atoms with van der Waals surface area (Å²) < 4.78 is 19.1. The maximum Gasteiger partial charge on any atom is 0.245 e. The molecule has 1 aromatic rings. The Kier molecular flexibility index (Phi) is 5.27. The van der Waals surface area contributed by atoms with Gasteiger partial charge in [-0.25, -0.2) is 4.39 Å². The van der Waals surface area contributed by atoms with Crippen molar-refractivity contribution in [2.24, 2.45) is 0 Å². The summed E-state index contributed by atoms with van der Waals surface area (Å²) in [7, 11) is 0. The zero-order chi connectivity index (χ0) is 15.2. The van der Waals surface area contributed by atoms with Crippen LogP contribution in [0.25, 0.3) is 0 Å². The Balaban J connectivity index is 2.28. The summed E-state index contributed by atoms with van der Waals surface area (Å²) in [4.78, 5) is 25.1. The number of nitrogens with zero attached hydrogens (tertiary/aromatic N) is 1. The molecule has 0 spiro atoms. The minimum absolute atomic E-state index is 0.0207. The van der Waals surface area contributed by atoms with Crippen molar-refractivity contribution in [3.05, 3.63) is 29.6 Å². The van der Waals surface area contributed by atoms with E-state index in [1.807, 2.05) is 6.92 Å². The van der Waals surface area contributed by atoms with Gasteiger partial charge in [0.25, 0.3) is 0 Å². The number of carbonyl (C=O) groups is 2. The summed E-state index contributed by atoms with van der Waals surface area (Å²) in [5.74, 6) is -0.751. The van der Waals surface area contributed by atoms with E-state index in [2.05, 4.69) is 5.32 Å². The second-order valence-corrected chi connectivity index (χ2v) is 4.87. The minimum Gasteiger partial charge on any atom is -0.377 e. The summed E-state index contributed by atoms with van der Waals surface area (Å²) in [5, 5.41) is 2.81. The number of rotatable bonds is 5. The van der Waals surface area contributed by atoms with Crippen molar-refractivity contribution in [2.75, 3.05) is 31.2 Å². The van der Waals surface area contributed by atoms with E-state index in [0.29, 0.717) is 31.7 Å². The predicted molar refractivity (Wildman–Crippen MR) is 77.0 cm³/mol. The Morgan fingerprint density at radius 1 is 1.57 bits per heavy atom. The second-order valence-electron chi connectivity index (χ2n) is 4.87. The summed E-state index contributed by atoms with van der Waals surface area (Å²) in [6.45, 7) is 3.64. The van der Waals surface area contributed by atoms with Gasteiger partial charge < -0.3 is 15.0 Å². The standard InChI is InChI=1S/C15H19FN2O3/c1-2-6-17-15(20)14-10-21-8-7-18(14)13-5-3-4-12(16)11(13)9-19/h3-5,9,14H,2,6-8,10H2,1H3,(H,17,20). The monoisotopic (exact) mass is 294 g/mol. The summed E-state index contributed by atoms with van der Waals surface area (Å²) in [5.41, 5.74) is 0.414. The first kappa shape index (κ1) is 15.4. The Hall–Kier alpha value is -1.95. The van der Waals surface area contributed by atoms with Gasteiger partial charge in [-0.15, -0.1) is 0 Å². The Morgan fingerprint density at radius 3 is 3.10 bits per heavy atom. The number of ether oxygens (including phenoxy) is 1. The molecule has 1 aliphatic rings. The Morgan fingerprint density at radius 2 is 2.38 bits per heavy atom. The van der Waals surface area contributed by atoms with Gasteiger partial charge in [-0.3, -0.25) is 9.59 Å². The quantitative estimate of drug-likeness (QED) is 0.833. The average Bonchev–Trinajstić information content (AvgIpc) is 2.52. The van der Waals surface area contributed by atoms with E-state index in [4.69, 9.17) is 4.74 Å². The summed E-state index contributed by atoms with van der Waals surface area (Å²) in [6, 6.07) is 3.87. The van der Waals surface area contributed by atoms with Crippen LogP contribution in [0.2, 0.25) is 0 Å².